The highest BCUT2D eigenvalue weighted by Gasteiger charge is 2.35. The number of carbonyl (C=O) groups excluding carboxylic acids is 2. The van der Waals surface area contributed by atoms with Gasteiger partial charge in [-0.2, -0.15) is 0 Å². The molecule has 1 unspecified atom stereocenters. The molecule has 2 amide bonds. The van der Waals surface area contributed by atoms with Crippen molar-refractivity contribution in [1.82, 2.24) is 9.80 Å². The van der Waals surface area contributed by atoms with Gasteiger partial charge < -0.3 is 14.7 Å². The third-order valence-electron chi connectivity index (χ3n) is 7.10. The van der Waals surface area contributed by atoms with Crippen LogP contribution in [0.4, 0.5) is 10.1 Å². The molecule has 2 heterocycles. The molecule has 7 heteroatoms. The Morgan fingerprint density at radius 1 is 1.15 bits per heavy atom. The van der Waals surface area contributed by atoms with E-state index in [1.54, 1.807) is 22.9 Å². The normalized spacial score (nSPS) is 19.6. The molecular weight excluding hydrogens is 453 g/mol. The molecule has 2 fully saturated rings. The predicted octanol–water partition coefficient (Wildman–Crippen LogP) is 4.64. The van der Waals surface area contributed by atoms with Gasteiger partial charge in [0, 0.05) is 32.2 Å². The fraction of sp³-hybridized carbons (Fsp3) is 0.481. The number of likely N-dealkylation sites (tertiary alicyclic amines) is 2. The van der Waals surface area contributed by atoms with Crippen LogP contribution in [0.25, 0.3) is 0 Å². The average molecular weight is 486 g/mol. The summed E-state index contributed by atoms with van der Waals surface area (Å²) in [6, 6.07) is 15.1. The molecule has 182 valence electrons. The van der Waals surface area contributed by atoms with Crippen LogP contribution in [0.1, 0.15) is 31.2 Å². The Kier molecular flexibility index (Phi) is 8.22. The minimum Gasteiger partial charge on any atom is -0.345 e. The Bertz CT molecular complexity index is 995. The summed E-state index contributed by atoms with van der Waals surface area (Å²) in [7, 11) is 1.72. The third-order valence-corrected chi connectivity index (χ3v) is 7.39. The Hall–Kier alpha value is -2.44. The Balaban J connectivity index is 1.32. The quantitative estimate of drug-likeness (QED) is 0.547. The van der Waals surface area contributed by atoms with Crippen LogP contribution < -0.4 is 4.90 Å². The number of hydrogen-bond donors (Lipinski definition) is 0. The number of piperidine rings is 1. The van der Waals surface area contributed by atoms with Gasteiger partial charge in [-0.3, -0.25) is 9.59 Å². The van der Waals surface area contributed by atoms with E-state index in [0.717, 1.165) is 38.4 Å². The summed E-state index contributed by atoms with van der Waals surface area (Å²) >= 11 is 6.01. The zero-order chi connectivity index (χ0) is 24.1. The molecule has 0 aromatic heterocycles. The van der Waals surface area contributed by atoms with Gasteiger partial charge in [0.15, 0.2) is 0 Å². The van der Waals surface area contributed by atoms with Gasteiger partial charge in [-0.05, 0) is 75.0 Å². The standard InChI is InChI=1S/C27H33ClFN3O2/c1-30-19-22(17-26(30)33)27(34)32(23-8-9-25(29)24(28)18-23)13-5-12-31-14-10-21(11-15-31)16-20-6-3-2-4-7-20/h2-4,6-9,18,21-22H,5,10-17,19H2,1H3. The van der Waals surface area contributed by atoms with Crippen LogP contribution in [0, 0.1) is 17.7 Å². The average Bonchev–Trinajstić information content (AvgIpc) is 3.18. The highest BCUT2D eigenvalue weighted by atomic mass is 35.5. The van der Waals surface area contributed by atoms with Gasteiger partial charge in [-0.1, -0.05) is 41.9 Å². The summed E-state index contributed by atoms with van der Waals surface area (Å²) in [5.41, 5.74) is 1.99. The topological polar surface area (TPSA) is 43.9 Å². The smallest absolute Gasteiger partial charge is 0.232 e. The van der Waals surface area contributed by atoms with E-state index in [0.29, 0.717) is 18.8 Å². The SMILES string of the molecule is CN1CC(C(=O)N(CCCN2CCC(Cc3ccccc3)CC2)c2ccc(F)c(Cl)c2)CC1=O. The Labute approximate surface area is 206 Å². The summed E-state index contributed by atoms with van der Waals surface area (Å²) in [5, 5.41) is -0.00425. The molecule has 34 heavy (non-hydrogen) atoms. The summed E-state index contributed by atoms with van der Waals surface area (Å²) in [6.07, 6.45) is 4.52. The number of carbonyl (C=O) groups is 2. The zero-order valence-electron chi connectivity index (χ0n) is 19.8. The first-order valence-electron chi connectivity index (χ1n) is 12.2. The molecule has 0 bridgehead atoms. The van der Waals surface area contributed by atoms with Crippen molar-refractivity contribution in [2.45, 2.75) is 32.1 Å². The van der Waals surface area contributed by atoms with Crippen molar-refractivity contribution in [3.63, 3.8) is 0 Å². The maximum absolute atomic E-state index is 13.7. The molecule has 0 radical (unpaired) electrons. The second kappa shape index (κ2) is 11.3. The van der Waals surface area contributed by atoms with Crippen LogP contribution in [-0.4, -0.2) is 61.4 Å². The minimum atomic E-state index is -0.507. The first-order chi connectivity index (χ1) is 16.4. The predicted molar refractivity (Wildman–Crippen MR) is 133 cm³/mol. The first-order valence-corrected chi connectivity index (χ1v) is 12.5. The third kappa shape index (κ3) is 6.16. The van der Waals surface area contributed by atoms with Gasteiger partial charge in [0.05, 0.1) is 10.9 Å². The summed E-state index contributed by atoms with van der Waals surface area (Å²) in [5.74, 6) is -0.284. The van der Waals surface area contributed by atoms with Crippen molar-refractivity contribution in [3.8, 4) is 0 Å². The first kappa shape index (κ1) is 24.7. The molecule has 0 spiro atoms. The molecule has 0 aliphatic carbocycles. The van der Waals surface area contributed by atoms with E-state index in [1.165, 1.54) is 30.5 Å². The van der Waals surface area contributed by atoms with Crippen molar-refractivity contribution >= 4 is 29.1 Å². The summed E-state index contributed by atoms with van der Waals surface area (Å²) in [6.45, 7) is 3.96. The maximum Gasteiger partial charge on any atom is 0.232 e. The van der Waals surface area contributed by atoms with E-state index in [-0.39, 0.29) is 29.2 Å². The second-order valence-corrected chi connectivity index (χ2v) is 10.00. The van der Waals surface area contributed by atoms with Crippen molar-refractivity contribution in [1.29, 1.82) is 0 Å². The lowest BCUT2D eigenvalue weighted by Gasteiger charge is -2.33. The number of amides is 2. The lowest BCUT2D eigenvalue weighted by Crippen LogP contribution is -2.40. The van der Waals surface area contributed by atoms with Crippen molar-refractivity contribution in [2.75, 3.05) is 44.7 Å². The van der Waals surface area contributed by atoms with Gasteiger partial charge in [-0.25, -0.2) is 4.39 Å². The molecule has 1 atom stereocenters. The fourth-order valence-electron chi connectivity index (χ4n) is 5.08. The maximum atomic E-state index is 13.7. The molecule has 4 rings (SSSR count). The van der Waals surface area contributed by atoms with Crippen molar-refractivity contribution in [3.05, 3.63) is 64.9 Å². The molecule has 2 aromatic rings. The van der Waals surface area contributed by atoms with Crippen LogP contribution in [0.15, 0.2) is 48.5 Å². The fourth-order valence-corrected chi connectivity index (χ4v) is 5.26. The summed E-state index contributed by atoms with van der Waals surface area (Å²) < 4.78 is 13.7. The number of anilines is 1. The number of halogens is 2. The van der Waals surface area contributed by atoms with E-state index in [9.17, 15) is 14.0 Å². The van der Waals surface area contributed by atoms with Gasteiger partial charge in [-0.15, -0.1) is 0 Å². The highest BCUT2D eigenvalue weighted by Crippen LogP contribution is 2.27. The molecule has 2 aliphatic heterocycles. The molecule has 2 aliphatic rings. The van der Waals surface area contributed by atoms with Crippen LogP contribution in [-0.2, 0) is 16.0 Å². The van der Waals surface area contributed by atoms with E-state index >= 15 is 0 Å². The van der Waals surface area contributed by atoms with E-state index in [1.807, 2.05) is 0 Å². The summed E-state index contributed by atoms with van der Waals surface area (Å²) in [4.78, 5) is 31.1. The molecule has 2 saturated heterocycles. The van der Waals surface area contributed by atoms with Crippen molar-refractivity contribution < 1.29 is 14.0 Å². The van der Waals surface area contributed by atoms with Gasteiger partial charge in [0.2, 0.25) is 11.8 Å². The minimum absolute atomic E-state index is 0.00425. The van der Waals surface area contributed by atoms with Gasteiger partial charge in [0.1, 0.15) is 5.82 Å². The molecular formula is C27H33ClFN3O2. The Morgan fingerprint density at radius 2 is 1.88 bits per heavy atom. The van der Waals surface area contributed by atoms with E-state index in [4.69, 9.17) is 11.6 Å². The number of hydrogen-bond acceptors (Lipinski definition) is 3. The van der Waals surface area contributed by atoms with Gasteiger partial charge in [0.25, 0.3) is 0 Å². The van der Waals surface area contributed by atoms with Gasteiger partial charge >= 0.3 is 0 Å². The van der Waals surface area contributed by atoms with Crippen LogP contribution in [0.5, 0.6) is 0 Å². The van der Waals surface area contributed by atoms with E-state index < -0.39 is 5.82 Å². The van der Waals surface area contributed by atoms with E-state index in [2.05, 4.69) is 35.2 Å². The molecule has 0 saturated carbocycles. The lowest BCUT2D eigenvalue weighted by atomic mass is 9.90. The van der Waals surface area contributed by atoms with Crippen molar-refractivity contribution in [2.24, 2.45) is 11.8 Å². The molecule has 2 aromatic carbocycles. The molecule has 0 N–H and O–H groups in total. The lowest BCUT2D eigenvalue weighted by molar-refractivity contribution is -0.127. The largest absolute Gasteiger partial charge is 0.345 e. The highest BCUT2D eigenvalue weighted by molar-refractivity contribution is 6.31. The van der Waals surface area contributed by atoms with Crippen LogP contribution in [0.2, 0.25) is 5.02 Å². The second-order valence-electron chi connectivity index (χ2n) is 9.59. The number of benzene rings is 2. The monoisotopic (exact) mass is 485 g/mol. The number of rotatable bonds is 8. The van der Waals surface area contributed by atoms with Crippen LogP contribution >= 0.6 is 11.6 Å². The Morgan fingerprint density at radius 3 is 2.53 bits per heavy atom. The number of nitrogens with zero attached hydrogens (tertiary/aromatic N) is 3. The zero-order valence-corrected chi connectivity index (χ0v) is 20.5. The molecule has 5 nitrogen and oxygen atoms in total. The van der Waals surface area contributed by atoms with Crippen LogP contribution in [0.3, 0.4) is 0 Å².